The zero-order valence-corrected chi connectivity index (χ0v) is 11.5. The number of nitrogens with zero attached hydrogens (tertiary/aromatic N) is 1. The van der Waals surface area contributed by atoms with Gasteiger partial charge < -0.3 is 4.74 Å². The van der Waals surface area contributed by atoms with Crippen LogP contribution in [-0.4, -0.2) is 23.3 Å². The molecule has 2 rings (SSSR count). The van der Waals surface area contributed by atoms with Crippen LogP contribution < -0.4 is 0 Å². The summed E-state index contributed by atoms with van der Waals surface area (Å²) >= 11 is 1.42. The summed E-state index contributed by atoms with van der Waals surface area (Å²) in [7, 11) is 1.40. The molecule has 0 spiro atoms. The van der Waals surface area contributed by atoms with Gasteiger partial charge >= 0.3 is 5.97 Å². The molecule has 0 bridgehead atoms. The normalized spacial score (nSPS) is 12.4. The summed E-state index contributed by atoms with van der Waals surface area (Å²) in [6, 6.07) is 10.0. The molecule has 0 saturated carbocycles. The molecule has 0 amide bonds. The Kier molecular flexibility index (Phi) is 3.87. The summed E-state index contributed by atoms with van der Waals surface area (Å²) in [6.07, 6.45) is 0. The van der Waals surface area contributed by atoms with Gasteiger partial charge in [-0.2, -0.15) is 0 Å². The standard InChI is InChI=1S/C14H15NO2S/c1-9-8-13(18-10(2)14(16)17-3)15-12-7-5-4-6-11(9)12/h4-8,10H,1-3H3/t10-/m0/s1. The lowest BCUT2D eigenvalue weighted by Crippen LogP contribution is -2.14. The maximum absolute atomic E-state index is 11.4. The van der Waals surface area contributed by atoms with E-state index in [4.69, 9.17) is 4.74 Å². The number of aryl methyl sites for hydroxylation is 1. The highest BCUT2D eigenvalue weighted by molar-refractivity contribution is 8.00. The van der Waals surface area contributed by atoms with Gasteiger partial charge in [0.2, 0.25) is 0 Å². The number of benzene rings is 1. The number of rotatable bonds is 3. The second-order valence-corrected chi connectivity index (χ2v) is 5.44. The number of carbonyl (C=O) groups is 1. The quantitative estimate of drug-likeness (QED) is 0.628. The van der Waals surface area contributed by atoms with Crippen molar-refractivity contribution in [1.82, 2.24) is 4.98 Å². The molecule has 0 fully saturated rings. The number of hydrogen-bond donors (Lipinski definition) is 0. The number of pyridine rings is 1. The lowest BCUT2D eigenvalue weighted by Gasteiger charge is -2.10. The molecule has 0 aliphatic heterocycles. The Balaban J connectivity index is 2.32. The van der Waals surface area contributed by atoms with E-state index in [1.807, 2.05) is 31.2 Å². The number of carbonyl (C=O) groups excluding carboxylic acids is 1. The van der Waals surface area contributed by atoms with Gasteiger partial charge in [0.15, 0.2) is 0 Å². The maximum Gasteiger partial charge on any atom is 0.318 e. The van der Waals surface area contributed by atoms with Crippen molar-refractivity contribution >= 4 is 28.6 Å². The smallest absolute Gasteiger partial charge is 0.318 e. The van der Waals surface area contributed by atoms with Crippen molar-refractivity contribution in [3.8, 4) is 0 Å². The number of fused-ring (bicyclic) bond motifs is 1. The molecule has 1 heterocycles. The van der Waals surface area contributed by atoms with E-state index in [1.165, 1.54) is 24.4 Å². The number of aromatic nitrogens is 1. The number of methoxy groups -OCH3 is 1. The third-order valence-corrected chi connectivity index (χ3v) is 3.73. The first-order valence-corrected chi connectivity index (χ1v) is 6.60. The Morgan fingerprint density at radius 3 is 2.83 bits per heavy atom. The topological polar surface area (TPSA) is 39.2 Å². The van der Waals surface area contributed by atoms with Crippen molar-refractivity contribution in [2.75, 3.05) is 7.11 Å². The number of esters is 1. The Bertz CT molecular complexity index is 583. The highest BCUT2D eigenvalue weighted by atomic mass is 32.2. The van der Waals surface area contributed by atoms with Crippen LogP contribution in [0.3, 0.4) is 0 Å². The Morgan fingerprint density at radius 1 is 1.39 bits per heavy atom. The molecule has 3 nitrogen and oxygen atoms in total. The van der Waals surface area contributed by atoms with E-state index in [-0.39, 0.29) is 11.2 Å². The molecule has 18 heavy (non-hydrogen) atoms. The summed E-state index contributed by atoms with van der Waals surface area (Å²) in [4.78, 5) is 15.9. The number of ether oxygens (including phenoxy) is 1. The molecular weight excluding hydrogens is 246 g/mol. The van der Waals surface area contributed by atoms with E-state index in [2.05, 4.69) is 18.0 Å². The average Bonchev–Trinajstić information content (AvgIpc) is 2.37. The van der Waals surface area contributed by atoms with Crippen LogP contribution in [0, 0.1) is 6.92 Å². The lowest BCUT2D eigenvalue weighted by molar-refractivity contribution is -0.139. The molecule has 0 saturated heterocycles. The summed E-state index contributed by atoms with van der Waals surface area (Å²) < 4.78 is 4.71. The fraction of sp³-hybridized carbons (Fsp3) is 0.286. The monoisotopic (exact) mass is 261 g/mol. The van der Waals surface area contributed by atoms with Gasteiger partial charge in [0.1, 0.15) is 5.25 Å². The van der Waals surface area contributed by atoms with E-state index >= 15 is 0 Å². The van der Waals surface area contributed by atoms with Crippen LogP contribution in [0.15, 0.2) is 35.4 Å². The fourth-order valence-corrected chi connectivity index (χ4v) is 2.72. The predicted octanol–water partition coefficient (Wildman–Crippen LogP) is 3.20. The first-order valence-electron chi connectivity index (χ1n) is 5.72. The highest BCUT2D eigenvalue weighted by Gasteiger charge is 2.15. The third-order valence-electron chi connectivity index (χ3n) is 2.73. The molecule has 0 N–H and O–H groups in total. The van der Waals surface area contributed by atoms with E-state index in [0.717, 1.165) is 15.9 Å². The highest BCUT2D eigenvalue weighted by Crippen LogP contribution is 2.26. The molecule has 4 heteroatoms. The zero-order valence-electron chi connectivity index (χ0n) is 10.6. The van der Waals surface area contributed by atoms with Gasteiger partial charge in [-0.25, -0.2) is 4.98 Å². The van der Waals surface area contributed by atoms with Gasteiger partial charge in [0.25, 0.3) is 0 Å². The van der Waals surface area contributed by atoms with Crippen LogP contribution in [-0.2, 0) is 9.53 Å². The van der Waals surface area contributed by atoms with Crippen molar-refractivity contribution in [2.45, 2.75) is 24.1 Å². The zero-order chi connectivity index (χ0) is 13.1. The van der Waals surface area contributed by atoms with Crippen LogP contribution >= 0.6 is 11.8 Å². The molecule has 0 unspecified atom stereocenters. The van der Waals surface area contributed by atoms with E-state index in [0.29, 0.717) is 0 Å². The molecule has 1 aromatic heterocycles. The molecular formula is C14H15NO2S. The molecule has 0 radical (unpaired) electrons. The third kappa shape index (κ3) is 2.64. The van der Waals surface area contributed by atoms with Crippen LogP contribution in [0.1, 0.15) is 12.5 Å². The number of para-hydroxylation sites is 1. The van der Waals surface area contributed by atoms with Crippen LogP contribution in [0.2, 0.25) is 0 Å². The Morgan fingerprint density at radius 2 is 2.11 bits per heavy atom. The summed E-state index contributed by atoms with van der Waals surface area (Å²) in [5.74, 6) is -0.229. The van der Waals surface area contributed by atoms with E-state index in [9.17, 15) is 4.79 Å². The van der Waals surface area contributed by atoms with Gasteiger partial charge in [0, 0.05) is 5.39 Å². The maximum atomic E-state index is 11.4. The van der Waals surface area contributed by atoms with Crippen LogP contribution in [0.4, 0.5) is 0 Å². The lowest BCUT2D eigenvalue weighted by atomic mass is 10.1. The van der Waals surface area contributed by atoms with Crippen LogP contribution in [0.25, 0.3) is 10.9 Å². The van der Waals surface area contributed by atoms with E-state index < -0.39 is 0 Å². The van der Waals surface area contributed by atoms with Gasteiger partial charge in [0.05, 0.1) is 17.7 Å². The molecule has 0 aliphatic rings. The summed E-state index contributed by atoms with van der Waals surface area (Å²) in [5, 5.41) is 1.75. The van der Waals surface area contributed by atoms with Crippen molar-refractivity contribution in [3.05, 3.63) is 35.9 Å². The number of hydrogen-bond acceptors (Lipinski definition) is 4. The van der Waals surface area contributed by atoms with Crippen molar-refractivity contribution in [3.63, 3.8) is 0 Å². The van der Waals surface area contributed by atoms with Crippen molar-refractivity contribution in [1.29, 1.82) is 0 Å². The van der Waals surface area contributed by atoms with Crippen molar-refractivity contribution in [2.24, 2.45) is 0 Å². The minimum Gasteiger partial charge on any atom is -0.468 e. The van der Waals surface area contributed by atoms with Gasteiger partial charge in [-0.15, -0.1) is 0 Å². The first kappa shape index (κ1) is 12.9. The molecule has 0 aliphatic carbocycles. The predicted molar refractivity (Wildman–Crippen MR) is 73.8 cm³/mol. The van der Waals surface area contributed by atoms with Gasteiger partial charge in [-0.05, 0) is 31.5 Å². The molecule has 94 valence electrons. The second kappa shape index (κ2) is 5.40. The average molecular weight is 261 g/mol. The molecule has 2 aromatic rings. The summed E-state index contributed by atoms with van der Waals surface area (Å²) in [5.41, 5.74) is 2.12. The van der Waals surface area contributed by atoms with Gasteiger partial charge in [-0.1, -0.05) is 30.0 Å². The van der Waals surface area contributed by atoms with E-state index in [1.54, 1.807) is 0 Å². The fourth-order valence-electron chi connectivity index (χ4n) is 1.77. The number of thioether (sulfide) groups is 1. The largest absolute Gasteiger partial charge is 0.468 e. The minimum absolute atomic E-state index is 0.229. The summed E-state index contributed by atoms with van der Waals surface area (Å²) in [6.45, 7) is 3.87. The first-order chi connectivity index (χ1) is 8.61. The Labute approximate surface area is 111 Å². The minimum atomic E-state index is -0.247. The second-order valence-electron chi connectivity index (χ2n) is 4.08. The van der Waals surface area contributed by atoms with Crippen LogP contribution in [0.5, 0.6) is 0 Å². The molecule has 1 aromatic carbocycles. The molecule has 1 atom stereocenters. The van der Waals surface area contributed by atoms with Gasteiger partial charge in [-0.3, -0.25) is 4.79 Å². The SMILES string of the molecule is COC(=O)[C@H](C)Sc1cc(C)c2ccccc2n1. The van der Waals surface area contributed by atoms with Crippen molar-refractivity contribution < 1.29 is 9.53 Å². The Hall–Kier alpha value is -1.55.